The van der Waals surface area contributed by atoms with Crippen molar-refractivity contribution in [2.24, 2.45) is 5.92 Å². The maximum Gasteiger partial charge on any atom is 0.320 e. The number of carbonyl (C=O) groups excluding carboxylic acids is 2. The summed E-state index contributed by atoms with van der Waals surface area (Å²) < 4.78 is 9.30. The predicted molar refractivity (Wildman–Crippen MR) is 51.7 cm³/mol. The molecular formula is C9H13ClO4. The second-order valence-electron chi connectivity index (χ2n) is 2.60. The first-order valence-corrected chi connectivity index (χ1v) is 4.53. The van der Waals surface area contributed by atoms with Crippen LogP contribution in [0.3, 0.4) is 0 Å². The lowest BCUT2D eigenvalue weighted by molar-refractivity contribution is -0.160. The Morgan fingerprint density at radius 2 is 1.86 bits per heavy atom. The smallest absolute Gasteiger partial charge is 0.320 e. The van der Waals surface area contributed by atoms with Gasteiger partial charge in [0.2, 0.25) is 0 Å². The van der Waals surface area contributed by atoms with Crippen molar-refractivity contribution in [2.75, 3.05) is 13.2 Å². The Labute approximate surface area is 87.8 Å². The summed E-state index contributed by atoms with van der Waals surface area (Å²) in [6.07, 6.45) is 0. The molecule has 0 saturated carbocycles. The molecule has 0 aromatic carbocycles. The van der Waals surface area contributed by atoms with Crippen LogP contribution in [0.2, 0.25) is 0 Å². The van der Waals surface area contributed by atoms with Gasteiger partial charge in [-0.3, -0.25) is 9.59 Å². The lowest BCUT2D eigenvalue weighted by Gasteiger charge is -2.09. The van der Waals surface area contributed by atoms with Crippen molar-refractivity contribution in [3.8, 4) is 0 Å². The third-order valence-electron chi connectivity index (χ3n) is 1.36. The van der Waals surface area contributed by atoms with E-state index in [4.69, 9.17) is 11.6 Å². The first kappa shape index (κ1) is 13.0. The van der Waals surface area contributed by atoms with Crippen LogP contribution in [0.15, 0.2) is 11.6 Å². The van der Waals surface area contributed by atoms with Crippen LogP contribution in [-0.4, -0.2) is 25.2 Å². The van der Waals surface area contributed by atoms with E-state index in [0.717, 1.165) is 0 Å². The summed E-state index contributed by atoms with van der Waals surface area (Å²) in [5.74, 6) is -2.19. The Kier molecular flexibility index (Phi) is 5.95. The molecule has 0 amide bonds. The van der Waals surface area contributed by atoms with Crippen LogP contribution < -0.4 is 0 Å². The lowest BCUT2D eigenvalue weighted by atomic mass is 10.2. The van der Waals surface area contributed by atoms with Crippen LogP contribution in [0.1, 0.15) is 13.8 Å². The van der Waals surface area contributed by atoms with E-state index in [9.17, 15) is 9.59 Å². The van der Waals surface area contributed by atoms with Gasteiger partial charge in [-0.05, 0) is 13.8 Å². The lowest BCUT2D eigenvalue weighted by Crippen LogP contribution is -2.25. The van der Waals surface area contributed by atoms with Gasteiger partial charge in [-0.1, -0.05) is 18.2 Å². The molecule has 0 aromatic heterocycles. The topological polar surface area (TPSA) is 52.6 Å². The fourth-order valence-corrected chi connectivity index (χ4v) is 0.692. The quantitative estimate of drug-likeness (QED) is 0.520. The van der Waals surface area contributed by atoms with Gasteiger partial charge in [-0.15, -0.1) is 0 Å². The summed E-state index contributed by atoms with van der Waals surface area (Å²) in [7, 11) is 0. The van der Waals surface area contributed by atoms with Gasteiger partial charge < -0.3 is 9.47 Å². The van der Waals surface area contributed by atoms with Crippen molar-refractivity contribution in [1.82, 2.24) is 0 Å². The number of hydrogen-bond acceptors (Lipinski definition) is 4. The van der Waals surface area contributed by atoms with Crippen molar-refractivity contribution in [2.45, 2.75) is 13.8 Å². The second kappa shape index (κ2) is 6.43. The minimum absolute atomic E-state index is 0.0931. The van der Waals surface area contributed by atoms with E-state index in [-0.39, 0.29) is 18.2 Å². The molecule has 1 unspecified atom stereocenters. The molecule has 0 spiro atoms. The van der Waals surface area contributed by atoms with Crippen molar-refractivity contribution in [3.63, 3.8) is 0 Å². The van der Waals surface area contributed by atoms with Crippen LogP contribution in [0.5, 0.6) is 0 Å². The molecule has 80 valence electrons. The van der Waals surface area contributed by atoms with E-state index in [2.05, 4.69) is 16.1 Å². The number of rotatable bonds is 5. The highest BCUT2D eigenvalue weighted by molar-refractivity contribution is 6.29. The molecule has 0 rings (SSSR count). The number of halogens is 1. The molecular weight excluding hydrogens is 208 g/mol. The monoisotopic (exact) mass is 220 g/mol. The molecule has 0 aliphatic carbocycles. The highest BCUT2D eigenvalue weighted by Crippen LogP contribution is 2.04. The molecule has 5 heteroatoms. The van der Waals surface area contributed by atoms with E-state index >= 15 is 0 Å². The van der Waals surface area contributed by atoms with Crippen molar-refractivity contribution < 1.29 is 19.1 Å². The van der Waals surface area contributed by atoms with Crippen LogP contribution in [-0.2, 0) is 19.1 Å². The van der Waals surface area contributed by atoms with Crippen LogP contribution >= 0.6 is 11.6 Å². The fraction of sp³-hybridized carbons (Fsp3) is 0.556. The first-order valence-electron chi connectivity index (χ1n) is 4.15. The summed E-state index contributed by atoms with van der Waals surface area (Å²) in [6, 6.07) is 0. The molecule has 0 bridgehead atoms. The predicted octanol–water partition coefficient (Wildman–Crippen LogP) is 1.48. The summed E-state index contributed by atoms with van der Waals surface area (Å²) in [5.41, 5.74) is 0. The van der Waals surface area contributed by atoms with Crippen LogP contribution in [0.4, 0.5) is 0 Å². The molecule has 0 fully saturated rings. The maximum atomic E-state index is 11.1. The summed E-state index contributed by atoms with van der Waals surface area (Å²) in [6.45, 7) is 6.56. The van der Waals surface area contributed by atoms with Crippen molar-refractivity contribution in [1.29, 1.82) is 0 Å². The zero-order chi connectivity index (χ0) is 11.1. The minimum Gasteiger partial charge on any atom is -0.465 e. The van der Waals surface area contributed by atoms with Gasteiger partial charge in [0.05, 0.1) is 6.61 Å². The fourth-order valence-electron chi connectivity index (χ4n) is 0.638. The highest BCUT2D eigenvalue weighted by atomic mass is 35.5. The van der Waals surface area contributed by atoms with E-state index in [1.165, 1.54) is 6.92 Å². The summed E-state index contributed by atoms with van der Waals surface area (Å²) in [4.78, 5) is 22.2. The minimum atomic E-state index is -0.925. The Hall–Kier alpha value is -1.03. The van der Waals surface area contributed by atoms with Crippen molar-refractivity contribution in [3.05, 3.63) is 11.6 Å². The standard InChI is InChI=1S/C9H13ClO4/c1-4-13-8(11)7(3)9(12)14-5-6(2)10/h7H,2,4-5H2,1,3H3. The number of esters is 2. The molecule has 0 aliphatic heterocycles. The maximum absolute atomic E-state index is 11.1. The molecule has 0 heterocycles. The molecule has 0 aliphatic rings. The molecule has 4 nitrogen and oxygen atoms in total. The van der Waals surface area contributed by atoms with E-state index in [1.807, 2.05) is 0 Å². The largest absolute Gasteiger partial charge is 0.465 e. The van der Waals surface area contributed by atoms with Crippen LogP contribution in [0.25, 0.3) is 0 Å². The van der Waals surface area contributed by atoms with Crippen molar-refractivity contribution >= 4 is 23.5 Å². The Balaban J connectivity index is 3.98. The van der Waals surface area contributed by atoms with Gasteiger partial charge in [0.1, 0.15) is 6.61 Å². The molecule has 1 atom stereocenters. The summed E-state index contributed by atoms with van der Waals surface area (Å²) in [5, 5.41) is 0.203. The van der Waals surface area contributed by atoms with Gasteiger partial charge in [0.25, 0.3) is 0 Å². The van der Waals surface area contributed by atoms with Gasteiger partial charge >= 0.3 is 11.9 Å². The SMILES string of the molecule is C=C(Cl)COC(=O)C(C)C(=O)OCC. The number of hydrogen-bond donors (Lipinski definition) is 0. The Morgan fingerprint density at radius 3 is 2.29 bits per heavy atom. The van der Waals surface area contributed by atoms with Gasteiger partial charge in [-0.25, -0.2) is 0 Å². The third-order valence-corrected chi connectivity index (χ3v) is 1.47. The zero-order valence-corrected chi connectivity index (χ0v) is 8.97. The Morgan fingerprint density at radius 1 is 1.36 bits per heavy atom. The first-order chi connectivity index (χ1) is 6.49. The van der Waals surface area contributed by atoms with Gasteiger partial charge in [0.15, 0.2) is 5.92 Å². The average Bonchev–Trinajstić information content (AvgIpc) is 2.13. The molecule has 0 N–H and O–H groups in total. The normalized spacial score (nSPS) is 11.6. The van der Waals surface area contributed by atoms with Gasteiger partial charge in [0, 0.05) is 5.03 Å². The highest BCUT2D eigenvalue weighted by Gasteiger charge is 2.24. The second-order valence-corrected chi connectivity index (χ2v) is 3.13. The molecule has 14 heavy (non-hydrogen) atoms. The average molecular weight is 221 g/mol. The van der Waals surface area contributed by atoms with E-state index < -0.39 is 17.9 Å². The molecule has 0 aromatic rings. The Bertz CT molecular complexity index is 237. The number of carbonyl (C=O) groups is 2. The number of ether oxygens (including phenoxy) is 2. The van der Waals surface area contributed by atoms with E-state index in [1.54, 1.807) is 6.92 Å². The van der Waals surface area contributed by atoms with E-state index in [0.29, 0.717) is 0 Å². The summed E-state index contributed by atoms with van der Waals surface area (Å²) >= 11 is 5.38. The van der Waals surface area contributed by atoms with Gasteiger partial charge in [-0.2, -0.15) is 0 Å². The molecule has 0 radical (unpaired) electrons. The molecule has 0 saturated heterocycles. The van der Waals surface area contributed by atoms with Crippen LogP contribution in [0, 0.1) is 5.92 Å². The zero-order valence-electron chi connectivity index (χ0n) is 8.21. The third kappa shape index (κ3) is 4.87.